The Morgan fingerprint density at radius 2 is 1.77 bits per heavy atom. The zero-order chi connectivity index (χ0) is 27.4. The van der Waals surface area contributed by atoms with Gasteiger partial charge < -0.3 is 9.47 Å². The minimum atomic E-state index is -0.629. The van der Waals surface area contributed by atoms with Crippen LogP contribution in [0.2, 0.25) is 0 Å². The van der Waals surface area contributed by atoms with E-state index in [0.717, 1.165) is 16.7 Å². The highest BCUT2D eigenvalue weighted by atomic mass is 32.1. The van der Waals surface area contributed by atoms with E-state index < -0.39 is 12.0 Å². The number of nitroso groups, excluding NO2 is 1. The number of esters is 1. The van der Waals surface area contributed by atoms with Gasteiger partial charge in [0.15, 0.2) is 4.80 Å². The average molecular weight is 540 g/mol. The maximum absolute atomic E-state index is 13.7. The Kier molecular flexibility index (Phi) is 7.60. The van der Waals surface area contributed by atoms with Crippen LogP contribution in [0.25, 0.3) is 6.08 Å². The smallest absolute Gasteiger partial charge is 0.338 e. The average Bonchev–Trinajstić information content (AvgIpc) is 3.26. The highest BCUT2D eigenvalue weighted by Gasteiger charge is 2.33. The standard InChI is InChI=1S/C30H25N3O5S/c1-3-37-29(35)26-19(2)31-30-33(27(26)22-7-5-4-6-8-22)28(34)25(39-30)17-20-11-15-24(16-12-20)38-18-21-9-13-23(32-36)14-10-21/h4-17,27H,3,18H2,1-2H3/b25-17-. The van der Waals surface area contributed by atoms with Crippen molar-refractivity contribution in [3.8, 4) is 5.75 Å². The first kappa shape index (κ1) is 26.0. The zero-order valence-electron chi connectivity index (χ0n) is 21.4. The van der Waals surface area contributed by atoms with Crippen molar-refractivity contribution in [3.63, 3.8) is 0 Å². The van der Waals surface area contributed by atoms with Gasteiger partial charge >= 0.3 is 5.97 Å². The lowest BCUT2D eigenvalue weighted by atomic mass is 9.96. The molecular formula is C30H25N3O5S. The molecule has 0 amide bonds. The molecule has 4 aromatic rings. The van der Waals surface area contributed by atoms with Crippen molar-refractivity contribution >= 4 is 29.1 Å². The second-order valence-corrected chi connectivity index (χ2v) is 9.84. The fourth-order valence-electron chi connectivity index (χ4n) is 4.37. The molecule has 1 aliphatic heterocycles. The molecule has 1 atom stereocenters. The first-order valence-corrected chi connectivity index (χ1v) is 13.2. The fourth-order valence-corrected chi connectivity index (χ4v) is 5.42. The Balaban J connectivity index is 1.45. The largest absolute Gasteiger partial charge is 0.489 e. The van der Waals surface area contributed by atoms with Gasteiger partial charge in [-0.15, -0.1) is 4.91 Å². The van der Waals surface area contributed by atoms with Gasteiger partial charge in [-0.3, -0.25) is 9.36 Å². The summed E-state index contributed by atoms with van der Waals surface area (Å²) in [5, 5.41) is 2.90. The Labute approximate surface area is 228 Å². The molecule has 0 radical (unpaired) electrons. The van der Waals surface area contributed by atoms with Crippen molar-refractivity contribution in [1.82, 2.24) is 4.57 Å². The molecule has 0 bridgehead atoms. The van der Waals surface area contributed by atoms with Crippen molar-refractivity contribution in [2.24, 2.45) is 10.2 Å². The summed E-state index contributed by atoms with van der Waals surface area (Å²) >= 11 is 1.28. The third-order valence-corrected chi connectivity index (χ3v) is 7.24. The summed E-state index contributed by atoms with van der Waals surface area (Å²) in [6.07, 6.45) is 1.81. The number of carbonyl (C=O) groups is 1. The molecule has 0 fully saturated rings. The van der Waals surface area contributed by atoms with Crippen LogP contribution in [0.4, 0.5) is 5.69 Å². The van der Waals surface area contributed by atoms with Crippen LogP contribution < -0.4 is 19.6 Å². The third kappa shape index (κ3) is 5.49. The molecule has 1 aromatic heterocycles. The summed E-state index contributed by atoms with van der Waals surface area (Å²) in [4.78, 5) is 42.3. The molecule has 5 rings (SSSR count). The first-order chi connectivity index (χ1) is 19.0. The summed E-state index contributed by atoms with van der Waals surface area (Å²) in [6.45, 7) is 4.09. The summed E-state index contributed by atoms with van der Waals surface area (Å²) in [6, 6.07) is 23.1. The van der Waals surface area contributed by atoms with Gasteiger partial charge in [0.2, 0.25) is 0 Å². The van der Waals surface area contributed by atoms with E-state index in [1.54, 1.807) is 42.7 Å². The van der Waals surface area contributed by atoms with Crippen molar-refractivity contribution < 1.29 is 14.3 Å². The van der Waals surface area contributed by atoms with Gasteiger partial charge in [0.05, 0.1) is 28.5 Å². The number of ether oxygens (including phenoxy) is 2. The fraction of sp³-hybridized carbons (Fsp3) is 0.167. The molecule has 0 spiro atoms. The molecule has 2 heterocycles. The minimum absolute atomic E-state index is 0.226. The van der Waals surface area contributed by atoms with Crippen molar-refractivity contribution in [3.05, 3.63) is 131 Å². The molecule has 0 saturated carbocycles. The van der Waals surface area contributed by atoms with Gasteiger partial charge in [-0.25, -0.2) is 9.79 Å². The van der Waals surface area contributed by atoms with E-state index in [4.69, 9.17) is 9.47 Å². The van der Waals surface area contributed by atoms with Crippen LogP contribution in [0.5, 0.6) is 5.75 Å². The molecule has 196 valence electrons. The number of rotatable bonds is 8. The van der Waals surface area contributed by atoms with Gasteiger partial charge in [-0.05, 0) is 66.1 Å². The summed E-state index contributed by atoms with van der Waals surface area (Å²) in [5.74, 6) is 0.193. The van der Waals surface area contributed by atoms with E-state index in [1.807, 2.05) is 60.7 Å². The number of carbonyl (C=O) groups excluding carboxylic acids is 1. The molecule has 8 nitrogen and oxygen atoms in total. The van der Waals surface area contributed by atoms with Crippen LogP contribution in [0, 0.1) is 4.91 Å². The molecule has 1 unspecified atom stereocenters. The van der Waals surface area contributed by atoms with Gasteiger partial charge in [0.25, 0.3) is 5.56 Å². The summed E-state index contributed by atoms with van der Waals surface area (Å²) in [5.41, 5.74) is 3.59. The number of aromatic nitrogens is 1. The van der Waals surface area contributed by atoms with E-state index in [9.17, 15) is 14.5 Å². The number of thiazole rings is 1. The van der Waals surface area contributed by atoms with Gasteiger partial charge in [0, 0.05) is 0 Å². The summed E-state index contributed by atoms with van der Waals surface area (Å²) < 4.78 is 13.2. The monoisotopic (exact) mass is 539 g/mol. The molecule has 0 aliphatic carbocycles. The molecule has 39 heavy (non-hydrogen) atoms. The van der Waals surface area contributed by atoms with Crippen molar-refractivity contribution in [2.45, 2.75) is 26.5 Å². The van der Waals surface area contributed by atoms with Crippen molar-refractivity contribution in [1.29, 1.82) is 0 Å². The van der Waals surface area contributed by atoms with Gasteiger partial charge in [-0.2, -0.15) is 0 Å². The number of hydrogen-bond donors (Lipinski definition) is 0. The van der Waals surface area contributed by atoms with E-state index >= 15 is 0 Å². The number of hydrogen-bond acceptors (Lipinski definition) is 8. The number of allylic oxidation sites excluding steroid dienone is 1. The Morgan fingerprint density at radius 1 is 1.05 bits per heavy atom. The number of benzene rings is 3. The molecule has 0 saturated heterocycles. The SMILES string of the molecule is CCOC(=O)C1=C(C)N=c2s/c(=C\c3ccc(OCc4ccc(N=O)cc4)cc3)c(=O)n2C1c1ccccc1. The lowest BCUT2D eigenvalue weighted by Crippen LogP contribution is -2.39. The quantitative estimate of drug-likeness (QED) is 0.237. The Hall–Kier alpha value is -4.63. The van der Waals surface area contributed by atoms with E-state index in [-0.39, 0.29) is 12.2 Å². The molecule has 1 aliphatic rings. The Morgan fingerprint density at radius 3 is 2.44 bits per heavy atom. The lowest BCUT2D eigenvalue weighted by molar-refractivity contribution is -0.139. The maximum Gasteiger partial charge on any atom is 0.338 e. The van der Waals surface area contributed by atoms with E-state index in [1.165, 1.54) is 11.3 Å². The van der Waals surface area contributed by atoms with Crippen LogP contribution in [0.15, 0.2) is 105 Å². The lowest BCUT2D eigenvalue weighted by Gasteiger charge is -2.24. The Bertz CT molecular complexity index is 1720. The molecule has 9 heteroatoms. The topological polar surface area (TPSA) is 99.3 Å². The first-order valence-electron chi connectivity index (χ1n) is 12.4. The molecule has 3 aromatic carbocycles. The molecular weight excluding hydrogens is 514 g/mol. The normalized spacial score (nSPS) is 14.9. The summed E-state index contributed by atoms with van der Waals surface area (Å²) in [7, 11) is 0. The second kappa shape index (κ2) is 11.4. The predicted octanol–water partition coefficient (Wildman–Crippen LogP) is 4.78. The zero-order valence-corrected chi connectivity index (χ0v) is 22.2. The predicted molar refractivity (Wildman–Crippen MR) is 150 cm³/mol. The second-order valence-electron chi connectivity index (χ2n) is 8.83. The third-order valence-electron chi connectivity index (χ3n) is 6.26. The van der Waals surface area contributed by atoms with Crippen LogP contribution in [0.3, 0.4) is 0 Å². The van der Waals surface area contributed by atoms with Gasteiger partial charge in [0.1, 0.15) is 18.0 Å². The highest BCUT2D eigenvalue weighted by Crippen LogP contribution is 2.30. The van der Waals surface area contributed by atoms with E-state index in [2.05, 4.69) is 10.2 Å². The number of fused-ring (bicyclic) bond motifs is 1. The van der Waals surface area contributed by atoms with E-state index in [0.29, 0.717) is 38.6 Å². The molecule has 0 N–H and O–H groups in total. The van der Waals surface area contributed by atoms with Crippen LogP contribution in [-0.4, -0.2) is 17.1 Å². The number of nitrogens with zero attached hydrogens (tertiary/aromatic N) is 3. The van der Waals surface area contributed by atoms with Crippen LogP contribution in [-0.2, 0) is 16.1 Å². The maximum atomic E-state index is 13.7. The van der Waals surface area contributed by atoms with Crippen molar-refractivity contribution in [2.75, 3.05) is 6.61 Å². The van der Waals surface area contributed by atoms with Gasteiger partial charge in [-0.1, -0.05) is 65.9 Å². The van der Waals surface area contributed by atoms with Crippen LogP contribution >= 0.6 is 11.3 Å². The minimum Gasteiger partial charge on any atom is -0.489 e. The van der Waals surface area contributed by atoms with Crippen LogP contribution in [0.1, 0.15) is 36.6 Å². The highest BCUT2D eigenvalue weighted by molar-refractivity contribution is 7.07.